The molecule has 1 heterocycles. The van der Waals surface area contributed by atoms with Crippen molar-refractivity contribution >= 4 is 17.3 Å². The molecular formula is C14H17ClN2O. The second-order valence-electron chi connectivity index (χ2n) is 4.68. The first kappa shape index (κ1) is 13.2. The van der Waals surface area contributed by atoms with Gasteiger partial charge in [0.1, 0.15) is 6.07 Å². The van der Waals surface area contributed by atoms with Crippen molar-refractivity contribution in [2.75, 3.05) is 31.7 Å². The van der Waals surface area contributed by atoms with Gasteiger partial charge >= 0.3 is 0 Å². The molecule has 0 saturated carbocycles. The summed E-state index contributed by atoms with van der Waals surface area (Å²) in [5.74, 6) is 0.536. The van der Waals surface area contributed by atoms with E-state index in [1.54, 1.807) is 19.2 Å². The van der Waals surface area contributed by atoms with Crippen LogP contribution >= 0.6 is 11.6 Å². The molecule has 1 aliphatic heterocycles. The van der Waals surface area contributed by atoms with Crippen LogP contribution < -0.4 is 4.90 Å². The van der Waals surface area contributed by atoms with Gasteiger partial charge in [-0.25, -0.2) is 0 Å². The quantitative estimate of drug-likeness (QED) is 0.842. The molecule has 1 fully saturated rings. The molecule has 0 aromatic heterocycles. The Labute approximate surface area is 113 Å². The molecule has 0 bridgehead atoms. The summed E-state index contributed by atoms with van der Waals surface area (Å²) in [5.41, 5.74) is 1.64. The highest BCUT2D eigenvalue weighted by Gasteiger charge is 2.21. The molecule has 1 aliphatic rings. The Morgan fingerprint density at radius 3 is 3.11 bits per heavy atom. The fraction of sp³-hybridized carbons (Fsp3) is 0.500. The standard InChI is InChI=1S/C14H17ClN2O/c1-18-10-11-3-2-6-17(9-11)14-7-13(15)5-4-12(14)8-16/h4-5,7,11H,2-3,6,9-10H2,1H3. The van der Waals surface area contributed by atoms with Crippen molar-refractivity contribution in [3.63, 3.8) is 0 Å². The van der Waals surface area contributed by atoms with Gasteiger partial charge < -0.3 is 9.64 Å². The lowest BCUT2D eigenvalue weighted by molar-refractivity contribution is 0.143. The molecule has 0 radical (unpaired) electrons. The molecule has 1 aromatic rings. The first-order valence-corrected chi connectivity index (χ1v) is 6.56. The fourth-order valence-electron chi connectivity index (χ4n) is 2.52. The molecule has 3 nitrogen and oxygen atoms in total. The molecule has 18 heavy (non-hydrogen) atoms. The van der Waals surface area contributed by atoms with Crippen molar-refractivity contribution in [2.45, 2.75) is 12.8 Å². The van der Waals surface area contributed by atoms with E-state index in [2.05, 4.69) is 11.0 Å². The minimum Gasteiger partial charge on any atom is -0.384 e. The van der Waals surface area contributed by atoms with Gasteiger partial charge in [0.25, 0.3) is 0 Å². The number of hydrogen-bond donors (Lipinski definition) is 0. The van der Waals surface area contributed by atoms with Crippen LogP contribution in [-0.4, -0.2) is 26.8 Å². The SMILES string of the molecule is COCC1CCCN(c2cc(Cl)ccc2C#N)C1. The molecular weight excluding hydrogens is 248 g/mol. The zero-order chi connectivity index (χ0) is 13.0. The van der Waals surface area contributed by atoms with E-state index in [1.165, 1.54) is 6.42 Å². The largest absolute Gasteiger partial charge is 0.384 e. The van der Waals surface area contributed by atoms with Gasteiger partial charge in [0.15, 0.2) is 0 Å². The lowest BCUT2D eigenvalue weighted by Crippen LogP contribution is -2.37. The number of hydrogen-bond acceptors (Lipinski definition) is 3. The Morgan fingerprint density at radius 1 is 1.56 bits per heavy atom. The van der Waals surface area contributed by atoms with Crippen LogP contribution in [0.4, 0.5) is 5.69 Å². The number of methoxy groups -OCH3 is 1. The highest BCUT2D eigenvalue weighted by Crippen LogP contribution is 2.28. The van der Waals surface area contributed by atoms with Gasteiger partial charge in [0.05, 0.1) is 17.9 Å². The molecule has 96 valence electrons. The topological polar surface area (TPSA) is 36.3 Å². The summed E-state index contributed by atoms with van der Waals surface area (Å²) in [7, 11) is 1.74. The highest BCUT2D eigenvalue weighted by molar-refractivity contribution is 6.30. The number of piperidine rings is 1. The molecule has 4 heteroatoms. The average molecular weight is 265 g/mol. The van der Waals surface area contributed by atoms with Crippen LogP contribution in [0.2, 0.25) is 5.02 Å². The van der Waals surface area contributed by atoms with Gasteiger partial charge in [0, 0.05) is 25.2 Å². The summed E-state index contributed by atoms with van der Waals surface area (Å²) in [6, 6.07) is 7.67. The minimum absolute atomic E-state index is 0.536. The van der Waals surface area contributed by atoms with E-state index in [0.29, 0.717) is 16.5 Å². The third kappa shape index (κ3) is 2.95. The Hall–Kier alpha value is -1.24. The van der Waals surface area contributed by atoms with Crippen molar-refractivity contribution in [1.82, 2.24) is 0 Å². The van der Waals surface area contributed by atoms with Crippen LogP contribution in [0, 0.1) is 17.2 Å². The van der Waals surface area contributed by atoms with Crippen LogP contribution in [0.5, 0.6) is 0 Å². The van der Waals surface area contributed by atoms with Crippen molar-refractivity contribution in [3.8, 4) is 6.07 Å². The smallest absolute Gasteiger partial charge is 0.101 e. The predicted octanol–water partition coefficient (Wildman–Crippen LogP) is 3.07. The Balaban J connectivity index is 2.20. The lowest BCUT2D eigenvalue weighted by atomic mass is 9.98. The van der Waals surface area contributed by atoms with E-state index in [4.69, 9.17) is 21.6 Å². The highest BCUT2D eigenvalue weighted by atomic mass is 35.5. The van der Waals surface area contributed by atoms with E-state index in [-0.39, 0.29) is 0 Å². The first-order valence-electron chi connectivity index (χ1n) is 6.18. The van der Waals surface area contributed by atoms with Gasteiger partial charge in [0.2, 0.25) is 0 Å². The molecule has 2 rings (SSSR count). The summed E-state index contributed by atoms with van der Waals surface area (Å²) in [5, 5.41) is 9.84. The molecule has 0 amide bonds. The number of halogens is 1. The fourth-order valence-corrected chi connectivity index (χ4v) is 2.68. The van der Waals surface area contributed by atoms with E-state index >= 15 is 0 Å². The van der Waals surface area contributed by atoms with Crippen molar-refractivity contribution < 1.29 is 4.74 Å². The third-order valence-electron chi connectivity index (χ3n) is 3.34. The number of ether oxygens (including phenoxy) is 1. The second-order valence-corrected chi connectivity index (χ2v) is 5.12. The van der Waals surface area contributed by atoms with E-state index < -0.39 is 0 Å². The van der Waals surface area contributed by atoms with Gasteiger partial charge in [-0.05, 0) is 37.0 Å². The average Bonchev–Trinajstić information content (AvgIpc) is 2.39. The minimum atomic E-state index is 0.536. The molecule has 0 aliphatic carbocycles. The van der Waals surface area contributed by atoms with Gasteiger partial charge in [-0.2, -0.15) is 5.26 Å². The Bertz CT molecular complexity index is 454. The van der Waals surface area contributed by atoms with Gasteiger partial charge in [-0.1, -0.05) is 11.6 Å². The maximum atomic E-state index is 9.16. The second kappa shape index (κ2) is 6.08. The summed E-state index contributed by atoms with van der Waals surface area (Å²) in [4.78, 5) is 2.25. The normalized spacial score (nSPS) is 19.6. The van der Waals surface area contributed by atoms with Crippen LogP contribution in [-0.2, 0) is 4.74 Å². The predicted molar refractivity (Wildman–Crippen MR) is 73.0 cm³/mol. The summed E-state index contributed by atoms with van der Waals surface area (Å²) in [6.07, 6.45) is 2.32. The number of nitrogens with zero attached hydrogens (tertiary/aromatic N) is 2. The van der Waals surface area contributed by atoms with Crippen LogP contribution in [0.1, 0.15) is 18.4 Å². The molecule has 1 atom stereocenters. The van der Waals surface area contributed by atoms with E-state index in [1.807, 2.05) is 6.07 Å². The first-order chi connectivity index (χ1) is 8.74. The summed E-state index contributed by atoms with van der Waals surface area (Å²) < 4.78 is 5.23. The Kier molecular flexibility index (Phi) is 4.46. The molecule has 1 unspecified atom stereocenters. The Morgan fingerprint density at radius 2 is 2.39 bits per heavy atom. The third-order valence-corrected chi connectivity index (χ3v) is 3.58. The molecule has 0 N–H and O–H groups in total. The molecule has 1 aromatic carbocycles. The van der Waals surface area contributed by atoms with Gasteiger partial charge in [-0.15, -0.1) is 0 Å². The maximum Gasteiger partial charge on any atom is 0.101 e. The van der Waals surface area contributed by atoms with Crippen LogP contribution in [0.25, 0.3) is 0 Å². The maximum absolute atomic E-state index is 9.16. The number of benzene rings is 1. The van der Waals surface area contributed by atoms with Crippen molar-refractivity contribution in [1.29, 1.82) is 5.26 Å². The molecule has 0 spiro atoms. The zero-order valence-corrected chi connectivity index (χ0v) is 11.3. The summed E-state index contributed by atoms with van der Waals surface area (Å²) in [6.45, 7) is 2.69. The lowest BCUT2D eigenvalue weighted by Gasteiger charge is -2.34. The molecule has 1 saturated heterocycles. The van der Waals surface area contributed by atoms with Crippen molar-refractivity contribution in [3.05, 3.63) is 28.8 Å². The van der Waals surface area contributed by atoms with Crippen molar-refractivity contribution in [2.24, 2.45) is 5.92 Å². The zero-order valence-electron chi connectivity index (χ0n) is 10.5. The van der Waals surface area contributed by atoms with Crippen LogP contribution in [0.15, 0.2) is 18.2 Å². The summed E-state index contributed by atoms with van der Waals surface area (Å²) >= 11 is 6.03. The van der Waals surface area contributed by atoms with E-state index in [0.717, 1.165) is 31.8 Å². The van der Waals surface area contributed by atoms with E-state index in [9.17, 15) is 0 Å². The number of rotatable bonds is 3. The van der Waals surface area contributed by atoms with Gasteiger partial charge in [-0.3, -0.25) is 0 Å². The number of nitriles is 1. The number of anilines is 1. The monoisotopic (exact) mass is 264 g/mol. The van der Waals surface area contributed by atoms with Crippen LogP contribution in [0.3, 0.4) is 0 Å².